The molecule has 0 heterocycles. The first-order chi connectivity index (χ1) is 9.29. The zero-order valence-corrected chi connectivity index (χ0v) is 12.5. The standard InChI is InChI=1S/C17H28N2/c1-3-11-18-12-10-16-6-4-5-7-17(16)14-19(2)13-15-8-9-15/h4-7,15,18H,3,8-14H2,1-2H3. The van der Waals surface area contributed by atoms with E-state index in [-0.39, 0.29) is 0 Å². The van der Waals surface area contributed by atoms with Crippen LogP contribution in [0.3, 0.4) is 0 Å². The van der Waals surface area contributed by atoms with Gasteiger partial charge in [-0.15, -0.1) is 0 Å². The third-order valence-corrected chi connectivity index (χ3v) is 3.82. The lowest BCUT2D eigenvalue weighted by molar-refractivity contribution is 0.312. The van der Waals surface area contributed by atoms with Crippen LogP contribution in [0.25, 0.3) is 0 Å². The Kier molecular flexibility index (Phi) is 5.87. The lowest BCUT2D eigenvalue weighted by Gasteiger charge is -2.18. The lowest BCUT2D eigenvalue weighted by Crippen LogP contribution is -2.22. The fraction of sp³-hybridized carbons (Fsp3) is 0.647. The fourth-order valence-electron chi connectivity index (χ4n) is 2.58. The van der Waals surface area contributed by atoms with Gasteiger partial charge in [-0.25, -0.2) is 0 Å². The maximum atomic E-state index is 3.49. The second kappa shape index (κ2) is 7.66. The van der Waals surface area contributed by atoms with Gasteiger partial charge in [-0.1, -0.05) is 31.2 Å². The molecule has 1 aliphatic carbocycles. The Balaban J connectivity index is 1.83. The third-order valence-electron chi connectivity index (χ3n) is 3.82. The molecule has 0 saturated heterocycles. The van der Waals surface area contributed by atoms with Gasteiger partial charge in [0.25, 0.3) is 0 Å². The summed E-state index contributed by atoms with van der Waals surface area (Å²) in [5.74, 6) is 0.975. The monoisotopic (exact) mass is 260 g/mol. The van der Waals surface area contributed by atoms with E-state index >= 15 is 0 Å². The molecular formula is C17H28N2. The summed E-state index contributed by atoms with van der Waals surface area (Å²) >= 11 is 0. The van der Waals surface area contributed by atoms with E-state index in [9.17, 15) is 0 Å². The van der Waals surface area contributed by atoms with E-state index in [1.54, 1.807) is 0 Å². The Morgan fingerprint density at radius 2 is 1.89 bits per heavy atom. The molecule has 2 rings (SSSR count). The van der Waals surface area contributed by atoms with Gasteiger partial charge in [-0.05, 0) is 62.9 Å². The van der Waals surface area contributed by atoms with E-state index in [1.165, 1.54) is 36.9 Å². The van der Waals surface area contributed by atoms with E-state index in [0.717, 1.165) is 32.0 Å². The van der Waals surface area contributed by atoms with E-state index in [1.807, 2.05) is 0 Å². The normalized spacial score (nSPS) is 15.1. The van der Waals surface area contributed by atoms with Gasteiger partial charge in [-0.2, -0.15) is 0 Å². The van der Waals surface area contributed by atoms with Gasteiger partial charge in [0.05, 0.1) is 0 Å². The predicted molar refractivity (Wildman–Crippen MR) is 82.4 cm³/mol. The molecule has 2 nitrogen and oxygen atoms in total. The number of rotatable bonds is 9. The smallest absolute Gasteiger partial charge is 0.0233 e. The number of nitrogens with one attached hydrogen (secondary N) is 1. The van der Waals surface area contributed by atoms with Crippen LogP contribution < -0.4 is 5.32 Å². The second-order valence-corrected chi connectivity index (χ2v) is 5.91. The zero-order valence-electron chi connectivity index (χ0n) is 12.5. The van der Waals surface area contributed by atoms with Gasteiger partial charge in [0.1, 0.15) is 0 Å². The van der Waals surface area contributed by atoms with Gasteiger partial charge < -0.3 is 10.2 Å². The van der Waals surface area contributed by atoms with Crippen LogP contribution in [0.15, 0.2) is 24.3 Å². The van der Waals surface area contributed by atoms with Crippen LogP contribution in [-0.2, 0) is 13.0 Å². The van der Waals surface area contributed by atoms with Gasteiger partial charge in [0.2, 0.25) is 0 Å². The minimum Gasteiger partial charge on any atom is -0.316 e. The molecule has 2 heteroatoms. The van der Waals surface area contributed by atoms with Crippen molar-refractivity contribution in [3.63, 3.8) is 0 Å². The predicted octanol–water partition coefficient (Wildman–Crippen LogP) is 3.07. The van der Waals surface area contributed by atoms with Gasteiger partial charge in [-0.3, -0.25) is 0 Å². The summed E-state index contributed by atoms with van der Waals surface area (Å²) in [6, 6.07) is 8.91. The van der Waals surface area contributed by atoms with Crippen LogP contribution in [0, 0.1) is 5.92 Å². The molecule has 0 radical (unpaired) electrons. The average molecular weight is 260 g/mol. The van der Waals surface area contributed by atoms with E-state index in [0.29, 0.717) is 0 Å². The first-order valence-electron chi connectivity index (χ1n) is 7.75. The highest BCUT2D eigenvalue weighted by Gasteiger charge is 2.22. The quantitative estimate of drug-likeness (QED) is 0.687. The first kappa shape index (κ1) is 14.5. The summed E-state index contributed by atoms with van der Waals surface area (Å²) in [5, 5.41) is 3.49. The highest BCUT2D eigenvalue weighted by Crippen LogP contribution is 2.29. The third kappa shape index (κ3) is 5.33. The molecule has 1 aliphatic rings. The highest BCUT2D eigenvalue weighted by atomic mass is 15.1. The first-order valence-corrected chi connectivity index (χ1v) is 7.75. The topological polar surface area (TPSA) is 15.3 Å². The lowest BCUT2D eigenvalue weighted by atomic mass is 10.0. The van der Waals surface area contributed by atoms with Crippen LogP contribution in [0.2, 0.25) is 0 Å². The molecule has 106 valence electrons. The summed E-state index contributed by atoms with van der Waals surface area (Å²) in [5.41, 5.74) is 3.01. The molecule has 0 amide bonds. The molecule has 19 heavy (non-hydrogen) atoms. The van der Waals surface area contributed by atoms with Crippen molar-refractivity contribution >= 4 is 0 Å². The fourth-order valence-corrected chi connectivity index (χ4v) is 2.58. The van der Waals surface area contributed by atoms with Crippen LogP contribution in [-0.4, -0.2) is 31.6 Å². The molecule has 1 fully saturated rings. The number of nitrogens with zero attached hydrogens (tertiary/aromatic N) is 1. The molecule has 0 atom stereocenters. The minimum atomic E-state index is 0.975. The Labute approximate surface area is 118 Å². The summed E-state index contributed by atoms with van der Waals surface area (Å²) in [6.07, 6.45) is 5.24. The SMILES string of the molecule is CCCNCCc1ccccc1CN(C)CC1CC1. The Bertz CT molecular complexity index is 371. The van der Waals surface area contributed by atoms with Gasteiger partial charge in [0.15, 0.2) is 0 Å². The molecule has 0 bridgehead atoms. The molecule has 1 aromatic rings. The second-order valence-electron chi connectivity index (χ2n) is 5.91. The molecule has 0 spiro atoms. The highest BCUT2D eigenvalue weighted by molar-refractivity contribution is 5.27. The van der Waals surface area contributed by atoms with Crippen molar-refractivity contribution < 1.29 is 0 Å². The van der Waals surface area contributed by atoms with Gasteiger partial charge >= 0.3 is 0 Å². The number of hydrogen-bond acceptors (Lipinski definition) is 2. The van der Waals surface area contributed by atoms with Crippen LogP contribution in [0.1, 0.15) is 37.3 Å². The Morgan fingerprint density at radius 1 is 1.16 bits per heavy atom. The molecular weight excluding hydrogens is 232 g/mol. The molecule has 1 N–H and O–H groups in total. The van der Waals surface area contributed by atoms with E-state index in [4.69, 9.17) is 0 Å². The van der Waals surface area contributed by atoms with Crippen molar-refractivity contribution in [2.45, 2.75) is 39.2 Å². The van der Waals surface area contributed by atoms with Crippen molar-refractivity contribution in [3.8, 4) is 0 Å². The molecule has 0 unspecified atom stereocenters. The Morgan fingerprint density at radius 3 is 2.58 bits per heavy atom. The molecule has 1 saturated carbocycles. The van der Waals surface area contributed by atoms with Crippen LogP contribution in [0.4, 0.5) is 0 Å². The van der Waals surface area contributed by atoms with E-state index < -0.39 is 0 Å². The van der Waals surface area contributed by atoms with Crippen molar-refractivity contribution in [2.24, 2.45) is 5.92 Å². The van der Waals surface area contributed by atoms with Crippen molar-refractivity contribution in [1.29, 1.82) is 0 Å². The maximum absolute atomic E-state index is 3.49. The summed E-state index contributed by atoms with van der Waals surface area (Å²) < 4.78 is 0. The molecule has 0 aromatic heterocycles. The largest absolute Gasteiger partial charge is 0.316 e. The average Bonchev–Trinajstić information content (AvgIpc) is 3.20. The summed E-state index contributed by atoms with van der Waals surface area (Å²) in [4.78, 5) is 2.48. The van der Waals surface area contributed by atoms with E-state index in [2.05, 4.69) is 48.5 Å². The van der Waals surface area contributed by atoms with Crippen LogP contribution in [0.5, 0.6) is 0 Å². The van der Waals surface area contributed by atoms with Crippen molar-refractivity contribution in [3.05, 3.63) is 35.4 Å². The van der Waals surface area contributed by atoms with Gasteiger partial charge in [0, 0.05) is 13.1 Å². The number of benzene rings is 1. The molecule has 1 aromatic carbocycles. The maximum Gasteiger partial charge on any atom is 0.0233 e. The number of hydrogen-bond donors (Lipinski definition) is 1. The molecule has 0 aliphatic heterocycles. The van der Waals surface area contributed by atoms with Crippen molar-refractivity contribution in [2.75, 3.05) is 26.7 Å². The van der Waals surface area contributed by atoms with Crippen LogP contribution >= 0.6 is 0 Å². The zero-order chi connectivity index (χ0) is 13.5. The summed E-state index contributed by atoms with van der Waals surface area (Å²) in [6.45, 7) is 6.80. The van der Waals surface area contributed by atoms with Crippen molar-refractivity contribution in [1.82, 2.24) is 10.2 Å². The Hall–Kier alpha value is -0.860. The summed E-state index contributed by atoms with van der Waals surface area (Å²) in [7, 11) is 2.25. The minimum absolute atomic E-state index is 0.975.